The molecule has 4 aromatic rings. The van der Waals surface area contributed by atoms with Gasteiger partial charge in [-0.2, -0.15) is 18.3 Å². The molecule has 3 saturated heterocycles. The molecule has 0 radical (unpaired) electrons. The van der Waals surface area contributed by atoms with Crippen molar-refractivity contribution in [3.63, 3.8) is 0 Å². The number of anilines is 1. The molecule has 8 nitrogen and oxygen atoms in total. The summed E-state index contributed by atoms with van der Waals surface area (Å²) in [5.74, 6) is 1.67. The molecule has 3 aliphatic rings. The van der Waals surface area contributed by atoms with Gasteiger partial charge >= 0.3 is 6.18 Å². The molecule has 1 N–H and O–H groups in total. The average molecular weight is 660 g/mol. The highest BCUT2D eigenvalue weighted by molar-refractivity contribution is 6.07. The van der Waals surface area contributed by atoms with Crippen molar-refractivity contribution in [3.05, 3.63) is 60.6 Å². The third-order valence-corrected chi connectivity index (χ3v) is 10.7. The predicted molar refractivity (Wildman–Crippen MR) is 186 cm³/mol. The van der Waals surface area contributed by atoms with Crippen LogP contribution in [0.3, 0.4) is 0 Å². The summed E-state index contributed by atoms with van der Waals surface area (Å²) >= 11 is 0. The van der Waals surface area contributed by atoms with Gasteiger partial charge in [-0.1, -0.05) is 31.7 Å². The van der Waals surface area contributed by atoms with Crippen molar-refractivity contribution in [1.29, 1.82) is 0 Å². The van der Waals surface area contributed by atoms with Gasteiger partial charge in [0.1, 0.15) is 17.2 Å². The lowest BCUT2D eigenvalue weighted by atomic mass is 9.72. The first kappa shape index (κ1) is 32.6. The van der Waals surface area contributed by atoms with Crippen LogP contribution < -0.4 is 9.64 Å². The molecule has 0 unspecified atom stereocenters. The number of likely N-dealkylation sites (tertiary alicyclic amines) is 2. The normalized spacial score (nSPS) is 19.2. The van der Waals surface area contributed by atoms with E-state index in [2.05, 4.69) is 45.0 Å². The van der Waals surface area contributed by atoms with Crippen molar-refractivity contribution in [1.82, 2.24) is 30.0 Å². The standard InChI is InChI=1S/C37H44F3N7O/c1-5-14-46-21-36(22-46)12-17-47(18-13-36)35-27-19-25(6-2)31(30-24(4)8-9-29-28(30)20-41-44-29)33(48-23-37(38,39)40)32(27)42-34(43-35)26-10-15-45(7-3)16-11-26/h5-6,8-9,19-20,26H,1-2,7,10-18,21-23H2,3-4H3,(H,41,44). The van der Waals surface area contributed by atoms with Crippen LogP contribution in [0.2, 0.25) is 0 Å². The lowest BCUT2D eigenvalue weighted by Gasteiger charge is -2.54. The number of aryl methyl sites for hydroxylation is 1. The molecular weight excluding hydrogens is 615 g/mol. The number of piperidine rings is 2. The fourth-order valence-electron chi connectivity index (χ4n) is 8.08. The maximum absolute atomic E-state index is 13.9. The van der Waals surface area contributed by atoms with E-state index in [0.717, 1.165) is 106 Å². The van der Waals surface area contributed by atoms with Gasteiger partial charge in [0, 0.05) is 55.0 Å². The monoisotopic (exact) mass is 659 g/mol. The molecule has 3 fully saturated rings. The molecule has 0 saturated carbocycles. The van der Waals surface area contributed by atoms with Crippen molar-refractivity contribution >= 4 is 33.7 Å². The number of alkyl halides is 3. The van der Waals surface area contributed by atoms with Gasteiger partial charge in [-0.3, -0.25) is 10.00 Å². The molecule has 0 aliphatic carbocycles. The topological polar surface area (TPSA) is 73.4 Å². The summed E-state index contributed by atoms with van der Waals surface area (Å²) in [4.78, 5) is 17.6. The van der Waals surface area contributed by atoms with Gasteiger partial charge in [0.15, 0.2) is 12.4 Å². The zero-order chi connectivity index (χ0) is 33.6. The van der Waals surface area contributed by atoms with Crippen LogP contribution in [0.4, 0.5) is 19.0 Å². The Balaban J connectivity index is 1.41. The van der Waals surface area contributed by atoms with Crippen LogP contribution in [0.1, 0.15) is 55.5 Å². The summed E-state index contributed by atoms with van der Waals surface area (Å²) in [6, 6.07) is 5.86. The second kappa shape index (κ2) is 12.8. The van der Waals surface area contributed by atoms with E-state index in [1.165, 1.54) is 0 Å². The number of nitrogens with zero attached hydrogens (tertiary/aromatic N) is 6. The maximum Gasteiger partial charge on any atom is 0.422 e. The number of aromatic amines is 1. The summed E-state index contributed by atoms with van der Waals surface area (Å²) in [7, 11) is 0. The number of H-pyrrole nitrogens is 1. The Labute approximate surface area is 279 Å². The Morgan fingerprint density at radius 3 is 2.44 bits per heavy atom. The molecule has 0 bridgehead atoms. The minimum atomic E-state index is -4.54. The summed E-state index contributed by atoms with van der Waals surface area (Å²) < 4.78 is 47.6. The minimum Gasteiger partial charge on any atom is -0.481 e. The predicted octanol–water partition coefficient (Wildman–Crippen LogP) is 7.35. The van der Waals surface area contributed by atoms with E-state index in [4.69, 9.17) is 14.7 Å². The highest BCUT2D eigenvalue weighted by atomic mass is 19.4. The first-order chi connectivity index (χ1) is 23.1. The summed E-state index contributed by atoms with van der Waals surface area (Å²) in [6.07, 6.45) is 4.67. The van der Waals surface area contributed by atoms with Crippen molar-refractivity contribution in [2.75, 3.05) is 63.9 Å². The summed E-state index contributed by atoms with van der Waals surface area (Å²) in [5, 5.41) is 8.74. The highest BCUT2D eigenvalue weighted by Crippen LogP contribution is 2.48. The third-order valence-electron chi connectivity index (χ3n) is 10.7. The molecule has 11 heteroatoms. The molecule has 2 aromatic carbocycles. The Hall–Kier alpha value is -3.96. The van der Waals surface area contributed by atoms with Gasteiger partial charge in [-0.05, 0) is 86.5 Å². The number of rotatable bonds is 9. The fourth-order valence-corrected chi connectivity index (χ4v) is 8.08. The van der Waals surface area contributed by atoms with Crippen molar-refractivity contribution in [3.8, 4) is 16.9 Å². The van der Waals surface area contributed by atoms with Crippen LogP contribution in [0.25, 0.3) is 39.0 Å². The van der Waals surface area contributed by atoms with E-state index in [9.17, 15) is 13.2 Å². The van der Waals surface area contributed by atoms with E-state index >= 15 is 0 Å². The zero-order valence-corrected chi connectivity index (χ0v) is 27.9. The SMILES string of the molecule is C=CCN1CC2(CCN(c3nc(C4CCN(CC)CC4)nc4c(OCC(F)(F)F)c(-c5c(C)ccc6[nH]ncc56)c(C=C)cc34)CC2)C1. The van der Waals surface area contributed by atoms with Gasteiger partial charge in [0.25, 0.3) is 0 Å². The van der Waals surface area contributed by atoms with Gasteiger partial charge in [-0.15, -0.1) is 6.58 Å². The van der Waals surface area contributed by atoms with E-state index in [1.54, 1.807) is 12.3 Å². The number of benzene rings is 2. The number of hydrogen-bond donors (Lipinski definition) is 1. The van der Waals surface area contributed by atoms with Crippen LogP contribution in [-0.4, -0.2) is 95.1 Å². The first-order valence-electron chi connectivity index (χ1n) is 17.1. The number of ether oxygens (including phenoxy) is 1. The van der Waals surface area contributed by atoms with Crippen molar-refractivity contribution in [2.45, 2.75) is 51.6 Å². The van der Waals surface area contributed by atoms with Crippen molar-refractivity contribution in [2.24, 2.45) is 5.41 Å². The molecule has 3 aliphatic heterocycles. The quantitative estimate of drug-likeness (QED) is 0.188. The number of hydrogen-bond acceptors (Lipinski definition) is 7. The Morgan fingerprint density at radius 2 is 1.77 bits per heavy atom. The minimum absolute atomic E-state index is 0.100. The van der Waals surface area contributed by atoms with E-state index in [-0.39, 0.29) is 11.7 Å². The van der Waals surface area contributed by atoms with Crippen LogP contribution in [0, 0.1) is 12.3 Å². The molecule has 0 atom stereocenters. The van der Waals surface area contributed by atoms with Gasteiger partial charge < -0.3 is 14.5 Å². The second-order valence-electron chi connectivity index (χ2n) is 13.8. The van der Waals surface area contributed by atoms with Crippen molar-refractivity contribution < 1.29 is 17.9 Å². The maximum atomic E-state index is 13.9. The van der Waals surface area contributed by atoms with Gasteiger partial charge in [-0.25, -0.2) is 9.97 Å². The molecule has 0 amide bonds. The van der Waals surface area contributed by atoms with Crippen LogP contribution >= 0.6 is 0 Å². The molecule has 254 valence electrons. The Bertz CT molecular complexity index is 1830. The smallest absolute Gasteiger partial charge is 0.422 e. The molecule has 7 rings (SSSR count). The number of aromatic nitrogens is 4. The van der Waals surface area contributed by atoms with Gasteiger partial charge in [0.05, 0.1) is 11.7 Å². The first-order valence-corrected chi connectivity index (χ1v) is 17.1. The Kier molecular flexibility index (Phi) is 8.70. The van der Waals surface area contributed by atoms with Crippen LogP contribution in [0.15, 0.2) is 43.6 Å². The summed E-state index contributed by atoms with van der Waals surface area (Å²) in [5.41, 5.74) is 4.33. The molecule has 48 heavy (non-hydrogen) atoms. The lowest BCUT2D eigenvalue weighted by Crippen LogP contribution is -2.60. The van der Waals surface area contributed by atoms with Crippen LogP contribution in [0.5, 0.6) is 5.75 Å². The molecule has 2 aromatic heterocycles. The number of halogens is 3. The van der Waals surface area contributed by atoms with Gasteiger partial charge in [0.2, 0.25) is 0 Å². The van der Waals surface area contributed by atoms with E-state index in [0.29, 0.717) is 33.3 Å². The Morgan fingerprint density at radius 1 is 1.02 bits per heavy atom. The fraction of sp³-hybridized carbons (Fsp3) is 0.486. The van der Waals surface area contributed by atoms with Crippen LogP contribution in [-0.2, 0) is 0 Å². The highest BCUT2D eigenvalue weighted by Gasteiger charge is 2.44. The second-order valence-corrected chi connectivity index (χ2v) is 13.8. The number of fused-ring (bicyclic) bond motifs is 2. The molecular formula is C37H44F3N7O. The molecule has 1 spiro atoms. The summed E-state index contributed by atoms with van der Waals surface area (Å²) in [6.45, 7) is 18.2. The number of nitrogens with one attached hydrogen (secondary N) is 1. The lowest BCUT2D eigenvalue weighted by molar-refractivity contribution is -0.153. The van der Waals surface area contributed by atoms with E-state index < -0.39 is 12.8 Å². The zero-order valence-electron chi connectivity index (χ0n) is 27.9. The third kappa shape index (κ3) is 6.07. The average Bonchev–Trinajstić information content (AvgIpc) is 3.55. The van der Waals surface area contributed by atoms with E-state index in [1.807, 2.05) is 31.2 Å². The largest absolute Gasteiger partial charge is 0.481 e. The molecule has 5 heterocycles.